The zero-order valence-electron chi connectivity index (χ0n) is 11.9. The molecule has 0 aromatic rings. The molecule has 0 saturated carbocycles. The molecule has 0 aromatic carbocycles. The van der Waals surface area contributed by atoms with Crippen LogP contribution in [-0.4, -0.2) is 31.5 Å². The van der Waals surface area contributed by atoms with Crippen molar-refractivity contribution in [1.82, 2.24) is 0 Å². The molecule has 4 heteroatoms. The first-order chi connectivity index (χ1) is 8.49. The minimum atomic E-state index is 0.200. The van der Waals surface area contributed by atoms with E-state index in [-0.39, 0.29) is 18.3 Å². The zero-order chi connectivity index (χ0) is 13.5. The van der Waals surface area contributed by atoms with Gasteiger partial charge in [0.2, 0.25) is 0 Å². The Bertz CT molecular complexity index is 309. The van der Waals surface area contributed by atoms with Gasteiger partial charge >= 0.3 is 0 Å². The second-order valence-corrected chi connectivity index (χ2v) is 4.67. The van der Waals surface area contributed by atoms with Crippen LogP contribution in [0.15, 0.2) is 23.9 Å². The van der Waals surface area contributed by atoms with Crippen LogP contribution in [0.2, 0.25) is 0 Å². The van der Waals surface area contributed by atoms with Crippen molar-refractivity contribution in [1.29, 1.82) is 0 Å². The van der Waals surface area contributed by atoms with Crippen LogP contribution in [0.3, 0.4) is 0 Å². The first-order valence-corrected chi connectivity index (χ1v) is 6.39. The number of allylic oxidation sites excluding steroid dienone is 2. The minimum Gasteiger partial charge on any atom is -0.496 e. The third kappa shape index (κ3) is 5.45. The Morgan fingerprint density at radius 3 is 2.33 bits per heavy atom. The zero-order valence-corrected chi connectivity index (χ0v) is 11.9. The van der Waals surface area contributed by atoms with Crippen molar-refractivity contribution in [3.05, 3.63) is 23.9 Å². The molecule has 4 nitrogen and oxygen atoms in total. The van der Waals surface area contributed by atoms with E-state index in [9.17, 15) is 0 Å². The molecule has 0 spiro atoms. The summed E-state index contributed by atoms with van der Waals surface area (Å²) in [5.74, 6) is 1.82. The third-order valence-electron chi connectivity index (χ3n) is 2.66. The molecule has 2 rings (SSSR count). The smallest absolute Gasteiger partial charge is 0.131 e. The van der Waals surface area contributed by atoms with Crippen molar-refractivity contribution in [2.75, 3.05) is 13.2 Å². The van der Waals surface area contributed by atoms with Gasteiger partial charge in [-0.1, -0.05) is 0 Å². The number of rotatable bonds is 0. The number of hydrogen-bond donors (Lipinski definition) is 0. The minimum absolute atomic E-state index is 0.200. The van der Waals surface area contributed by atoms with Crippen LogP contribution in [-0.2, 0) is 18.9 Å². The maximum atomic E-state index is 5.35. The van der Waals surface area contributed by atoms with Crippen LogP contribution in [0.1, 0.15) is 34.6 Å². The summed E-state index contributed by atoms with van der Waals surface area (Å²) in [6, 6.07) is 0. The maximum absolute atomic E-state index is 5.35. The molecule has 0 bridgehead atoms. The van der Waals surface area contributed by atoms with Gasteiger partial charge in [-0.3, -0.25) is 0 Å². The number of hydrogen-bond acceptors (Lipinski definition) is 4. The van der Waals surface area contributed by atoms with Crippen LogP contribution < -0.4 is 0 Å². The van der Waals surface area contributed by atoms with Crippen molar-refractivity contribution in [2.45, 2.75) is 52.9 Å². The van der Waals surface area contributed by atoms with E-state index in [2.05, 4.69) is 0 Å². The van der Waals surface area contributed by atoms with Crippen LogP contribution >= 0.6 is 0 Å². The molecule has 2 aliphatic heterocycles. The Hall–Kier alpha value is -1.16. The average Bonchev–Trinajstić information content (AvgIpc) is 2.50. The Labute approximate surface area is 110 Å². The molecule has 0 amide bonds. The summed E-state index contributed by atoms with van der Waals surface area (Å²) in [4.78, 5) is 0. The monoisotopic (exact) mass is 256 g/mol. The van der Waals surface area contributed by atoms with E-state index in [1.807, 2.05) is 40.7 Å². The van der Waals surface area contributed by atoms with Gasteiger partial charge in [-0.05, 0) is 40.7 Å². The normalized spacial score (nSPS) is 31.3. The van der Waals surface area contributed by atoms with Crippen LogP contribution in [0.5, 0.6) is 0 Å². The van der Waals surface area contributed by atoms with Gasteiger partial charge in [0.1, 0.15) is 30.3 Å². The lowest BCUT2D eigenvalue weighted by Crippen LogP contribution is -2.20. The van der Waals surface area contributed by atoms with Crippen molar-refractivity contribution in [2.24, 2.45) is 0 Å². The molecule has 18 heavy (non-hydrogen) atoms. The van der Waals surface area contributed by atoms with Gasteiger partial charge in [0.25, 0.3) is 0 Å². The molecule has 0 fully saturated rings. The Balaban J connectivity index is 0.000000180. The lowest BCUT2D eigenvalue weighted by molar-refractivity contribution is 0.00853. The van der Waals surface area contributed by atoms with Gasteiger partial charge in [-0.25, -0.2) is 0 Å². The fourth-order valence-corrected chi connectivity index (χ4v) is 1.44. The largest absolute Gasteiger partial charge is 0.496 e. The summed E-state index contributed by atoms with van der Waals surface area (Å²) < 4.78 is 21.1. The molecule has 104 valence electrons. The van der Waals surface area contributed by atoms with Crippen molar-refractivity contribution < 1.29 is 18.9 Å². The summed E-state index contributed by atoms with van der Waals surface area (Å²) in [7, 11) is 0. The first-order valence-electron chi connectivity index (χ1n) is 6.39. The lowest BCUT2D eigenvalue weighted by atomic mass is 10.3. The molecule has 2 heterocycles. The molecule has 0 N–H and O–H groups in total. The predicted molar refractivity (Wildman–Crippen MR) is 70.0 cm³/mol. The van der Waals surface area contributed by atoms with Crippen LogP contribution in [0.4, 0.5) is 0 Å². The van der Waals surface area contributed by atoms with E-state index in [4.69, 9.17) is 18.9 Å². The third-order valence-corrected chi connectivity index (χ3v) is 2.66. The van der Waals surface area contributed by atoms with Crippen LogP contribution in [0, 0.1) is 0 Å². The highest BCUT2D eigenvalue weighted by atomic mass is 16.6. The summed E-state index contributed by atoms with van der Waals surface area (Å²) in [6.07, 6.45) is 4.24. The van der Waals surface area contributed by atoms with Gasteiger partial charge in [0.15, 0.2) is 0 Å². The highest BCUT2D eigenvalue weighted by Gasteiger charge is 2.12. The molecule has 0 radical (unpaired) electrons. The summed E-state index contributed by atoms with van der Waals surface area (Å²) >= 11 is 0. The maximum Gasteiger partial charge on any atom is 0.131 e. The summed E-state index contributed by atoms with van der Waals surface area (Å²) in [6.45, 7) is 11.2. The molecule has 0 saturated heterocycles. The molecule has 2 aliphatic rings. The van der Waals surface area contributed by atoms with E-state index in [1.165, 1.54) is 0 Å². The molecular weight excluding hydrogens is 232 g/mol. The average molecular weight is 256 g/mol. The van der Waals surface area contributed by atoms with Gasteiger partial charge in [0.05, 0.1) is 19.0 Å². The highest BCUT2D eigenvalue weighted by Crippen LogP contribution is 2.15. The predicted octanol–water partition coefficient (Wildman–Crippen LogP) is 3.00. The van der Waals surface area contributed by atoms with E-state index in [1.54, 1.807) is 6.26 Å². The van der Waals surface area contributed by atoms with E-state index >= 15 is 0 Å². The topological polar surface area (TPSA) is 36.9 Å². The second kappa shape index (κ2) is 7.31. The fraction of sp³-hybridized carbons (Fsp3) is 0.714. The molecular formula is C14H24O4. The second-order valence-electron chi connectivity index (χ2n) is 4.67. The number of ether oxygens (including phenoxy) is 4. The Morgan fingerprint density at radius 1 is 1.00 bits per heavy atom. The molecule has 3 atom stereocenters. The first kappa shape index (κ1) is 14.9. The molecule has 0 aliphatic carbocycles. The fourth-order valence-electron chi connectivity index (χ4n) is 1.44. The van der Waals surface area contributed by atoms with Gasteiger partial charge in [-0.15, -0.1) is 0 Å². The standard InChI is InChI=1S/2C7H12O2/c1-5-4-8-6(2)7(3)9-5;1-6-3-4-8-7(2)5-9-6/h5H,4H2,1-3H3;3-4,6-7H,5H2,1-2H3. The summed E-state index contributed by atoms with van der Waals surface area (Å²) in [5, 5.41) is 0. The van der Waals surface area contributed by atoms with Gasteiger partial charge < -0.3 is 18.9 Å². The summed E-state index contributed by atoms with van der Waals surface area (Å²) in [5.41, 5.74) is 0. The lowest BCUT2D eigenvalue weighted by Gasteiger charge is -2.23. The molecule has 3 unspecified atom stereocenters. The Morgan fingerprint density at radius 2 is 1.72 bits per heavy atom. The van der Waals surface area contributed by atoms with Crippen LogP contribution in [0.25, 0.3) is 0 Å². The van der Waals surface area contributed by atoms with E-state index < -0.39 is 0 Å². The van der Waals surface area contributed by atoms with Crippen molar-refractivity contribution >= 4 is 0 Å². The highest BCUT2D eigenvalue weighted by molar-refractivity contribution is 4.97. The van der Waals surface area contributed by atoms with Gasteiger partial charge in [-0.2, -0.15) is 0 Å². The van der Waals surface area contributed by atoms with Crippen molar-refractivity contribution in [3.63, 3.8) is 0 Å². The van der Waals surface area contributed by atoms with Crippen molar-refractivity contribution in [3.8, 4) is 0 Å². The SMILES string of the molecule is CC1=C(C)OC(C)CO1.CC1C=COC(C)CO1. The van der Waals surface area contributed by atoms with Gasteiger partial charge in [0, 0.05) is 0 Å². The molecule has 0 aromatic heterocycles. The van der Waals surface area contributed by atoms with E-state index in [0.717, 1.165) is 11.5 Å². The Kier molecular flexibility index (Phi) is 6.05. The quantitative estimate of drug-likeness (QED) is 0.667. The van der Waals surface area contributed by atoms with E-state index in [0.29, 0.717) is 13.2 Å².